The van der Waals surface area contributed by atoms with Crippen LogP contribution < -0.4 is 10.6 Å². The van der Waals surface area contributed by atoms with Crippen LogP contribution in [0.15, 0.2) is 6.20 Å². The zero-order valence-electron chi connectivity index (χ0n) is 11.4. The number of urea groups is 1. The van der Waals surface area contributed by atoms with E-state index in [0.29, 0.717) is 19.4 Å². The van der Waals surface area contributed by atoms with E-state index in [0.717, 1.165) is 22.7 Å². The molecule has 6 nitrogen and oxygen atoms in total. The lowest BCUT2D eigenvalue weighted by Crippen LogP contribution is -2.44. The molecule has 0 spiro atoms. The van der Waals surface area contributed by atoms with Crippen molar-refractivity contribution in [1.82, 2.24) is 15.6 Å². The number of hydrogen-bond acceptors (Lipinski definition) is 4. The van der Waals surface area contributed by atoms with Gasteiger partial charge in [0, 0.05) is 17.6 Å². The van der Waals surface area contributed by atoms with E-state index in [9.17, 15) is 14.7 Å². The normalized spacial score (nSPS) is 16.9. The van der Waals surface area contributed by atoms with E-state index in [4.69, 9.17) is 0 Å². The number of aromatic nitrogens is 1. The summed E-state index contributed by atoms with van der Waals surface area (Å²) >= 11 is 1.53. The molecule has 20 heavy (non-hydrogen) atoms. The number of carbonyl (C=O) groups excluding carboxylic acids is 1. The number of rotatable bonds is 5. The summed E-state index contributed by atoms with van der Waals surface area (Å²) in [6, 6.07) is -0.342. The molecule has 0 bridgehead atoms. The van der Waals surface area contributed by atoms with Crippen molar-refractivity contribution in [2.24, 2.45) is 5.41 Å². The number of hydrogen-bond donors (Lipinski definition) is 3. The molecule has 0 unspecified atom stereocenters. The van der Waals surface area contributed by atoms with Gasteiger partial charge in [0.1, 0.15) is 5.01 Å². The minimum absolute atomic E-state index is 0.186. The Morgan fingerprint density at radius 1 is 1.40 bits per heavy atom. The third kappa shape index (κ3) is 3.47. The molecule has 110 valence electrons. The van der Waals surface area contributed by atoms with E-state index in [2.05, 4.69) is 15.6 Å². The number of carboxylic acids is 1. The molecule has 0 atom stereocenters. The summed E-state index contributed by atoms with van der Waals surface area (Å²) in [4.78, 5) is 28.3. The number of carbonyl (C=O) groups is 2. The molecular weight excluding hydrogens is 278 g/mol. The number of nitrogens with zero attached hydrogens (tertiary/aromatic N) is 1. The number of nitrogens with one attached hydrogen (secondary N) is 2. The monoisotopic (exact) mass is 297 g/mol. The van der Waals surface area contributed by atoms with Crippen molar-refractivity contribution in [3.8, 4) is 0 Å². The minimum Gasteiger partial charge on any atom is -0.481 e. The molecule has 1 aromatic rings. The molecule has 0 aromatic carbocycles. The molecule has 1 aromatic heterocycles. The Morgan fingerprint density at radius 3 is 2.65 bits per heavy atom. The van der Waals surface area contributed by atoms with Crippen LogP contribution in [0.25, 0.3) is 0 Å². The van der Waals surface area contributed by atoms with Crippen LogP contribution in [0.2, 0.25) is 0 Å². The average molecular weight is 297 g/mol. The summed E-state index contributed by atoms with van der Waals surface area (Å²) in [6.45, 7) is 2.51. The molecule has 1 aliphatic rings. The third-order valence-electron chi connectivity index (χ3n) is 3.67. The van der Waals surface area contributed by atoms with Crippen LogP contribution in [-0.4, -0.2) is 28.6 Å². The molecule has 3 N–H and O–H groups in total. The Balaban J connectivity index is 1.78. The van der Waals surface area contributed by atoms with E-state index in [-0.39, 0.29) is 12.6 Å². The van der Waals surface area contributed by atoms with Crippen LogP contribution in [0.5, 0.6) is 0 Å². The van der Waals surface area contributed by atoms with Gasteiger partial charge in [-0.3, -0.25) is 4.79 Å². The average Bonchev–Trinajstić information content (AvgIpc) is 3.03. The second kappa shape index (κ2) is 6.21. The molecule has 7 heteroatoms. The second-order valence-corrected chi connectivity index (χ2v) is 6.51. The molecule has 0 aliphatic heterocycles. The van der Waals surface area contributed by atoms with Crippen LogP contribution in [0, 0.1) is 12.3 Å². The lowest BCUT2D eigenvalue weighted by atomic mass is 9.86. The highest BCUT2D eigenvalue weighted by atomic mass is 32.1. The predicted octanol–water partition coefficient (Wildman–Crippen LogP) is 1.90. The van der Waals surface area contributed by atoms with E-state index >= 15 is 0 Å². The number of carboxylic acid groups (broad SMARTS) is 1. The molecule has 2 rings (SSSR count). The Bertz CT molecular complexity index is 495. The summed E-state index contributed by atoms with van der Waals surface area (Å²) < 4.78 is 0. The van der Waals surface area contributed by atoms with Gasteiger partial charge in [0.05, 0.1) is 12.0 Å². The highest BCUT2D eigenvalue weighted by molar-refractivity contribution is 7.11. The Kier molecular flexibility index (Phi) is 4.59. The predicted molar refractivity (Wildman–Crippen MR) is 75.6 cm³/mol. The summed E-state index contributed by atoms with van der Waals surface area (Å²) in [5.41, 5.74) is -0.783. The van der Waals surface area contributed by atoms with Crippen molar-refractivity contribution >= 4 is 23.3 Å². The van der Waals surface area contributed by atoms with Crippen molar-refractivity contribution in [3.05, 3.63) is 16.1 Å². The first-order chi connectivity index (χ1) is 9.52. The smallest absolute Gasteiger partial charge is 0.315 e. The van der Waals surface area contributed by atoms with E-state index in [1.54, 1.807) is 6.20 Å². The van der Waals surface area contributed by atoms with Gasteiger partial charge in [-0.2, -0.15) is 0 Å². The molecular formula is C13H19N3O3S. The first kappa shape index (κ1) is 14.8. The third-order valence-corrected chi connectivity index (χ3v) is 4.58. The van der Waals surface area contributed by atoms with Gasteiger partial charge in [0.2, 0.25) is 0 Å². The lowest BCUT2D eigenvalue weighted by molar-refractivity contribution is -0.148. The zero-order valence-corrected chi connectivity index (χ0v) is 12.3. The van der Waals surface area contributed by atoms with Gasteiger partial charge in [0.15, 0.2) is 0 Å². The van der Waals surface area contributed by atoms with Crippen molar-refractivity contribution in [1.29, 1.82) is 0 Å². The highest BCUT2D eigenvalue weighted by Crippen LogP contribution is 2.37. The van der Waals surface area contributed by atoms with Gasteiger partial charge in [0.25, 0.3) is 0 Å². The van der Waals surface area contributed by atoms with Gasteiger partial charge in [-0.25, -0.2) is 9.78 Å². The maximum Gasteiger partial charge on any atom is 0.315 e. The fourth-order valence-corrected chi connectivity index (χ4v) is 3.20. The molecule has 2 amide bonds. The van der Waals surface area contributed by atoms with Crippen LogP contribution in [0.3, 0.4) is 0 Å². The molecule has 1 fully saturated rings. The quantitative estimate of drug-likeness (QED) is 0.774. The minimum atomic E-state index is -0.814. The standard InChI is InChI=1S/C13H19N3O3S/c1-9-6-14-10(20-9)7-15-12(19)16-8-13(11(17)18)4-2-3-5-13/h6H,2-5,7-8H2,1H3,(H,17,18)(H2,15,16,19). The van der Waals surface area contributed by atoms with Gasteiger partial charge in [-0.1, -0.05) is 12.8 Å². The summed E-state index contributed by atoms with van der Waals surface area (Å²) in [5, 5.41) is 15.5. The second-order valence-electron chi connectivity index (χ2n) is 5.19. The topological polar surface area (TPSA) is 91.3 Å². The molecule has 1 heterocycles. The van der Waals surface area contributed by atoms with Gasteiger partial charge < -0.3 is 15.7 Å². The fraction of sp³-hybridized carbons (Fsp3) is 0.615. The summed E-state index contributed by atoms with van der Waals surface area (Å²) in [6.07, 6.45) is 4.85. The summed E-state index contributed by atoms with van der Waals surface area (Å²) in [7, 11) is 0. The van der Waals surface area contributed by atoms with Gasteiger partial charge >= 0.3 is 12.0 Å². The first-order valence-electron chi connectivity index (χ1n) is 6.68. The molecule has 1 aliphatic carbocycles. The van der Waals surface area contributed by atoms with E-state index in [1.165, 1.54) is 11.3 Å². The molecule has 0 radical (unpaired) electrons. The fourth-order valence-electron chi connectivity index (χ4n) is 2.47. The SMILES string of the molecule is Cc1cnc(CNC(=O)NCC2(C(=O)O)CCCC2)s1. The highest BCUT2D eigenvalue weighted by Gasteiger charge is 2.41. The Hall–Kier alpha value is -1.63. The van der Waals surface area contributed by atoms with Crippen molar-refractivity contribution in [2.75, 3.05) is 6.54 Å². The van der Waals surface area contributed by atoms with E-state index in [1.807, 2.05) is 6.92 Å². The Morgan fingerprint density at radius 2 is 2.10 bits per heavy atom. The maximum absolute atomic E-state index is 11.7. The van der Waals surface area contributed by atoms with Crippen LogP contribution in [0.1, 0.15) is 35.6 Å². The van der Waals surface area contributed by atoms with Crippen molar-refractivity contribution in [3.63, 3.8) is 0 Å². The lowest BCUT2D eigenvalue weighted by Gasteiger charge is -2.23. The van der Waals surface area contributed by atoms with Gasteiger partial charge in [-0.05, 0) is 19.8 Å². The van der Waals surface area contributed by atoms with Crippen LogP contribution in [0.4, 0.5) is 4.79 Å². The zero-order chi connectivity index (χ0) is 14.6. The van der Waals surface area contributed by atoms with Crippen molar-refractivity contribution < 1.29 is 14.7 Å². The van der Waals surface area contributed by atoms with Gasteiger partial charge in [-0.15, -0.1) is 11.3 Å². The number of amides is 2. The maximum atomic E-state index is 11.7. The first-order valence-corrected chi connectivity index (χ1v) is 7.50. The number of thiazole rings is 1. The summed E-state index contributed by atoms with van der Waals surface area (Å²) in [5.74, 6) is -0.814. The number of aryl methyl sites for hydroxylation is 1. The van der Waals surface area contributed by atoms with Crippen molar-refractivity contribution in [2.45, 2.75) is 39.2 Å². The number of aliphatic carboxylic acids is 1. The molecule has 1 saturated carbocycles. The Labute approximate surface area is 121 Å². The largest absolute Gasteiger partial charge is 0.481 e. The van der Waals surface area contributed by atoms with E-state index < -0.39 is 11.4 Å². The van der Waals surface area contributed by atoms with Crippen LogP contribution >= 0.6 is 11.3 Å². The van der Waals surface area contributed by atoms with Crippen LogP contribution in [-0.2, 0) is 11.3 Å². The molecule has 0 saturated heterocycles.